The Morgan fingerprint density at radius 3 is 2.57 bits per heavy atom. The lowest BCUT2D eigenvalue weighted by Crippen LogP contribution is -2.32. The van der Waals surface area contributed by atoms with Crippen molar-refractivity contribution < 1.29 is 17.9 Å². The van der Waals surface area contributed by atoms with Crippen molar-refractivity contribution in [2.24, 2.45) is 5.92 Å². The molecule has 1 aliphatic carbocycles. The monoisotopic (exact) mass is 298 g/mol. The van der Waals surface area contributed by atoms with Gasteiger partial charge in [-0.25, -0.2) is 0 Å². The van der Waals surface area contributed by atoms with Crippen molar-refractivity contribution >= 4 is 5.69 Å². The predicted octanol–water partition coefficient (Wildman–Crippen LogP) is 4.12. The molecule has 0 heterocycles. The Kier molecular flexibility index (Phi) is 4.94. The molecule has 0 bridgehead atoms. The van der Waals surface area contributed by atoms with Crippen LogP contribution in [0.3, 0.4) is 0 Å². The first kappa shape index (κ1) is 15.5. The fraction of sp³-hybridized carbons (Fsp3) is 0.533. The SMILES string of the molecule is N#CCOc1cccc(NC2CCC(C(F)(F)F)CC2)c1. The largest absolute Gasteiger partial charge is 0.479 e. The standard InChI is InChI=1S/C15H17F3N2O/c16-15(17,18)11-4-6-12(7-5-11)20-13-2-1-3-14(10-13)21-9-8-19/h1-3,10-12,20H,4-7,9H2. The highest BCUT2D eigenvalue weighted by Gasteiger charge is 2.41. The molecule has 3 nitrogen and oxygen atoms in total. The number of anilines is 1. The first-order valence-corrected chi connectivity index (χ1v) is 6.92. The number of benzene rings is 1. The summed E-state index contributed by atoms with van der Waals surface area (Å²) in [6, 6.07) is 9.06. The van der Waals surface area contributed by atoms with Crippen LogP contribution in [0.25, 0.3) is 0 Å². The van der Waals surface area contributed by atoms with Crippen molar-refractivity contribution in [3.8, 4) is 11.8 Å². The van der Waals surface area contributed by atoms with E-state index in [1.165, 1.54) is 0 Å². The van der Waals surface area contributed by atoms with E-state index in [9.17, 15) is 13.2 Å². The lowest BCUT2D eigenvalue weighted by atomic mass is 9.85. The molecule has 1 aromatic carbocycles. The molecular weight excluding hydrogens is 281 g/mol. The summed E-state index contributed by atoms with van der Waals surface area (Å²) >= 11 is 0. The van der Waals surface area contributed by atoms with Gasteiger partial charge in [0.25, 0.3) is 0 Å². The van der Waals surface area contributed by atoms with Gasteiger partial charge in [-0.15, -0.1) is 0 Å². The minimum atomic E-state index is -4.07. The number of ether oxygens (including phenoxy) is 1. The van der Waals surface area contributed by atoms with Crippen LogP contribution in [0.5, 0.6) is 5.75 Å². The Morgan fingerprint density at radius 1 is 1.24 bits per heavy atom. The first-order valence-electron chi connectivity index (χ1n) is 6.92. The van der Waals surface area contributed by atoms with Crippen LogP contribution in [-0.4, -0.2) is 18.8 Å². The lowest BCUT2D eigenvalue weighted by molar-refractivity contribution is -0.182. The van der Waals surface area contributed by atoms with Crippen molar-refractivity contribution in [2.75, 3.05) is 11.9 Å². The van der Waals surface area contributed by atoms with Crippen LogP contribution in [0.1, 0.15) is 25.7 Å². The fourth-order valence-electron chi connectivity index (χ4n) is 2.59. The van der Waals surface area contributed by atoms with Gasteiger partial charge in [0.15, 0.2) is 6.61 Å². The van der Waals surface area contributed by atoms with Gasteiger partial charge in [0.2, 0.25) is 0 Å². The molecule has 114 valence electrons. The summed E-state index contributed by atoms with van der Waals surface area (Å²) in [4.78, 5) is 0. The van der Waals surface area contributed by atoms with Crippen molar-refractivity contribution in [1.82, 2.24) is 0 Å². The molecule has 0 atom stereocenters. The molecule has 0 saturated heterocycles. The fourth-order valence-corrected chi connectivity index (χ4v) is 2.59. The van der Waals surface area contributed by atoms with Crippen molar-refractivity contribution in [3.05, 3.63) is 24.3 Å². The van der Waals surface area contributed by atoms with E-state index in [0.717, 1.165) is 5.69 Å². The molecule has 0 aliphatic heterocycles. The van der Waals surface area contributed by atoms with E-state index in [2.05, 4.69) is 5.32 Å². The summed E-state index contributed by atoms with van der Waals surface area (Å²) in [5, 5.41) is 11.7. The van der Waals surface area contributed by atoms with Gasteiger partial charge in [0.1, 0.15) is 11.8 Å². The summed E-state index contributed by atoms with van der Waals surface area (Å²) in [5.41, 5.74) is 0.806. The smallest absolute Gasteiger partial charge is 0.391 e. The number of nitrogens with zero attached hydrogens (tertiary/aromatic N) is 1. The molecule has 0 aromatic heterocycles. The van der Waals surface area contributed by atoms with E-state index in [4.69, 9.17) is 10.00 Å². The number of hydrogen-bond acceptors (Lipinski definition) is 3. The molecule has 1 fully saturated rings. The van der Waals surface area contributed by atoms with E-state index in [-0.39, 0.29) is 25.5 Å². The van der Waals surface area contributed by atoms with E-state index < -0.39 is 12.1 Å². The number of halogens is 3. The first-order chi connectivity index (χ1) is 9.99. The molecule has 21 heavy (non-hydrogen) atoms. The van der Waals surface area contributed by atoms with Crippen LogP contribution < -0.4 is 10.1 Å². The quantitative estimate of drug-likeness (QED) is 0.909. The normalized spacial score (nSPS) is 22.4. The maximum Gasteiger partial charge on any atom is 0.391 e. The summed E-state index contributed by atoms with van der Waals surface area (Å²) < 4.78 is 43.0. The zero-order chi connectivity index (χ0) is 15.3. The second-order valence-electron chi connectivity index (χ2n) is 5.21. The third-order valence-electron chi connectivity index (χ3n) is 3.70. The molecule has 2 rings (SSSR count). The molecule has 1 aromatic rings. The van der Waals surface area contributed by atoms with Crippen molar-refractivity contribution in [3.63, 3.8) is 0 Å². The molecule has 1 N–H and O–H groups in total. The third-order valence-corrected chi connectivity index (χ3v) is 3.70. The maximum atomic E-state index is 12.6. The van der Waals surface area contributed by atoms with Crippen LogP contribution >= 0.6 is 0 Å². The van der Waals surface area contributed by atoms with Crippen LogP contribution in [0, 0.1) is 17.2 Å². The van der Waals surface area contributed by atoms with E-state index in [0.29, 0.717) is 18.6 Å². The Bertz CT molecular complexity index is 502. The van der Waals surface area contributed by atoms with Gasteiger partial charge in [0.05, 0.1) is 5.92 Å². The van der Waals surface area contributed by atoms with Gasteiger partial charge >= 0.3 is 6.18 Å². The topological polar surface area (TPSA) is 45.0 Å². The van der Waals surface area contributed by atoms with Crippen LogP contribution in [0.4, 0.5) is 18.9 Å². The highest BCUT2D eigenvalue weighted by atomic mass is 19.4. The average molecular weight is 298 g/mol. The minimum absolute atomic E-state index is 0.0276. The number of hydrogen-bond donors (Lipinski definition) is 1. The lowest BCUT2D eigenvalue weighted by Gasteiger charge is -2.30. The second kappa shape index (κ2) is 6.70. The van der Waals surface area contributed by atoms with Crippen molar-refractivity contribution in [1.29, 1.82) is 5.26 Å². The van der Waals surface area contributed by atoms with Crippen molar-refractivity contribution in [2.45, 2.75) is 37.9 Å². The van der Waals surface area contributed by atoms with Gasteiger partial charge < -0.3 is 10.1 Å². The average Bonchev–Trinajstić information content (AvgIpc) is 2.45. The molecule has 6 heteroatoms. The minimum Gasteiger partial charge on any atom is -0.479 e. The maximum absolute atomic E-state index is 12.6. The van der Waals surface area contributed by atoms with Gasteiger partial charge in [-0.3, -0.25) is 0 Å². The summed E-state index contributed by atoms with van der Waals surface area (Å²) in [6.45, 7) is -0.0276. The molecule has 0 unspecified atom stereocenters. The highest BCUT2D eigenvalue weighted by Crippen LogP contribution is 2.38. The van der Waals surface area contributed by atoms with E-state index >= 15 is 0 Å². The van der Waals surface area contributed by atoms with Gasteiger partial charge in [-0.1, -0.05) is 6.07 Å². The van der Waals surface area contributed by atoms with E-state index in [1.54, 1.807) is 18.2 Å². The number of rotatable bonds is 4. The van der Waals surface area contributed by atoms with Gasteiger partial charge in [-0.2, -0.15) is 18.4 Å². The number of nitrogens with one attached hydrogen (secondary N) is 1. The summed E-state index contributed by atoms with van der Waals surface area (Å²) in [6.07, 6.45) is -2.71. The molecule has 1 aliphatic rings. The molecular formula is C15H17F3N2O. The molecule has 0 spiro atoms. The Balaban J connectivity index is 1.87. The van der Waals surface area contributed by atoms with Gasteiger partial charge in [0, 0.05) is 17.8 Å². The Hall–Kier alpha value is -1.90. The summed E-state index contributed by atoms with van der Waals surface area (Å²) in [7, 11) is 0. The third kappa shape index (κ3) is 4.55. The van der Waals surface area contributed by atoms with Crippen LogP contribution in [0.15, 0.2) is 24.3 Å². The zero-order valence-electron chi connectivity index (χ0n) is 11.5. The Morgan fingerprint density at radius 2 is 1.95 bits per heavy atom. The molecule has 0 radical (unpaired) electrons. The second-order valence-corrected chi connectivity index (χ2v) is 5.21. The Labute approximate surface area is 121 Å². The molecule has 0 amide bonds. The number of alkyl halides is 3. The predicted molar refractivity (Wildman–Crippen MR) is 73.0 cm³/mol. The summed E-state index contributed by atoms with van der Waals surface area (Å²) in [5.74, 6) is -0.591. The van der Waals surface area contributed by atoms with Crippen LogP contribution in [0.2, 0.25) is 0 Å². The van der Waals surface area contributed by atoms with E-state index in [1.807, 2.05) is 12.1 Å². The molecule has 1 saturated carbocycles. The zero-order valence-corrected chi connectivity index (χ0v) is 11.5. The van der Waals surface area contributed by atoms with Crippen LogP contribution in [-0.2, 0) is 0 Å². The highest BCUT2D eigenvalue weighted by molar-refractivity contribution is 5.49. The van der Waals surface area contributed by atoms with Gasteiger partial charge in [-0.05, 0) is 37.8 Å². The number of nitriles is 1.